The van der Waals surface area contributed by atoms with Gasteiger partial charge in [-0.2, -0.15) is 0 Å². The molecule has 0 unspecified atom stereocenters. The van der Waals surface area contributed by atoms with Crippen LogP contribution in [0.25, 0.3) is 17.2 Å². The van der Waals surface area contributed by atoms with Crippen molar-refractivity contribution in [1.29, 1.82) is 0 Å². The fourth-order valence-corrected chi connectivity index (χ4v) is 3.24. The van der Waals surface area contributed by atoms with E-state index in [0.717, 1.165) is 11.8 Å². The Morgan fingerprint density at radius 3 is 2.44 bits per heavy atom. The number of carboxylic acid groups (broad SMARTS) is 1. The van der Waals surface area contributed by atoms with Gasteiger partial charge in [0.05, 0.1) is 21.3 Å². The molecule has 0 aliphatic rings. The zero-order valence-electron chi connectivity index (χ0n) is 14.9. The number of carboxylic acids is 1. The molecule has 3 aromatic rings. The van der Waals surface area contributed by atoms with Gasteiger partial charge in [0, 0.05) is 5.56 Å². The average molecular weight is 387 g/mol. The lowest BCUT2D eigenvalue weighted by Gasteiger charge is -2.14. The minimum atomic E-state index is -1.11. The second-order valence-corrected chi connectivity index (χ2v) is 6.28. The fourth-order valence-electron chi connectivity index (χ4n) is 2.50. The summed E-state index contributed by atoms with van der Waals surface area (Å²) >= 11 is 0.916. The van der Waals surface area contributed by atoms with E-state index in [-0.39, 0.29) is 10.1 Å². The third-order valence-electron chi connectivity index (χ3n) is 3.70. The number of aliphatic carboxylic acids is 1. The first-order valence-electron chi connectivity index (χ1n) is 7.84. The summed E-state index contributed by atoms with van der Waals surface area (Å²) in [5.74, 6) is 0.119. The molecule has 0 fully saturated rings. The van der Waals surface area contributed by atoms with Gasteiger partial charge in [-0.05, 0) is 42.1 Å². The molecule has 1 N–H and O–H groups in total. The monoisotopic (exact) mass is 387 g/mol. The van der Waals surface area contributed by atoms with Gasteiger partial charge in [-0.15, -0.1) is 0 Å². The van der Waals surface area contributed by atoms with E-state index in [1.54, 1.807) is 24.3 Å². The Kier molecular flexibility index (Phi) is 5.56. The molecular weight excluding hydrogens is 370 g/mol. The summed E-state index contributed by atoms with van der Waals surface area (Å²) < 4.78 is 21.6. The summed E-state index contributed by atoms with van der Waals surface area (Å²) in [6, 6.07) is 10.6. The van der Waals surface area contributed by atoms with E-state index in [1.807, 2.05) is 12.1 Å². The summed E-state index contributed by atoms with van der Waals surface area (Å²) in [5.41, 5.74) is 1.78. The molecule has 0 saturated heterocycles. The molecule has 0 saturated carbocycles. The van der Waals surface area contributed by atoms with Gasteiger partial charge in [-0.3, -0.25) is 0 Å². The highest BCUT2D eigenvalue weighted by atomic mass is 32.2. The van der Waals surface area contributed by atoms with Crippen LogP contribution in [0.15, 0.2) is 50.9 Å². The van der Waals surface area contributed by atoms with Crippen LogP contribution in [0.2, 0.25) is 0 Å². The number of para-hydroxylation sites is 2. The van der Waals surface area contributed by atoms with Crippen LogP contribution in [-0.2, 0) is 4.79 Å². The van der Waals surface area contributed by atoms with Crippen molar-refractivity contribution in [1.82, 2.24) is 4.98 Å². The van der Waals surface area contributed by atoms with E-state index in [0.29, 0.717) is 33.9 Å². The molecule has 0 spiro atoms. The molecule has 7 nitrogen and oxygen atoms in total. The first kappa shape index (κ1) is 18.7. The van der Waals surface area contributed by atoms with Gasteiger partial charge in [0.25, 0.3) is 5.22 Å². The molecule has 0 aliphatic carbocycles. The molecule has 140 valence electrons. The van der Waals surface area contributed by atoms with E-state index in [4.69, 9.17) is 18.6 Å². The van der Waals surface area contributed by atoms with Crippen LogP contribution in [0.1, 0.15) is 5.56 Å². The lowest BCUT2D eigenvalue weighted by molar-refractivity contribution is -0.131. The molecule has 1 aromatic heterocycles. The Labute approximate surface area is 159 Å². The first-order valence-corrected chi connectivity index (χ1v) is 8.66. The average Bonchev–Trinajstić information content (AvgIpc) is 3.09. The van der Waals surface area contributed by atoms with Crippen molar-refractivity contribution in [2.45, 2.75) is 5.22 Å². The van der Waals surface area contributed by atoms with Crippen molar-refractivity contribution in [2.75, 3.05) is 21.3 Å². The van der Waals surface area contributed by atoms with Gasteiger partial charge in [-0.25, -0.2) is 9.78 Å². The highest BCUT2D eigenvalue weighted by Gasteiger charge is 2.19. The summed E-state index contributed by atoms with van der Waals surface area (Å²) in [6.07, 6.45) is 1.47. The number of ether oxygens (including phenoxy) is 3. The van der Waals surface area contributed by atoms with Crippen LogP contribution < -0.4 is 14.2 Å². The number of carbonyl (C=O) groups is 1. The Bertz CT molecular complexity index is 978. The zero-order valence-corrected chi connectivity index (χ0v) is 15.7. The zero-order chi connectivity index (χ0) is 19.4. The van der Waals surface area contributed by atoms with E-state index >= 15 is 0 Å². The predicted molar refractivity (Wildman–Crippen MR) is 102 cm³/mol. The number of benzene rings is 2. The van der Waals surface area contributed by atoms with Crippen LogP contribution in [0.4, 0.5) is 0 Å². The van der Waals surface area contributed by atoms with Gasteiger partial charge < -0.3 is 23.7 Å². The number of nitrogens with zero attached hydrogens (tertiary/aromatic N) is 1. The molecular formula is C19H17NO6S. The van der Waals surface area contributed by atoms with E-state index in [9.17, 15) is 9.90 Å². The maximum absolute atomic E-state index is 11.7. The van der Waals surface area contributed by atoms with E-state index in [1.165, 1.54) is 27.4 Å². The molecule has 0 aliphatic heterocycles. The van der Waals surface area contributed by atoms with E-state index < -0.39 is 5.97 Å². The summed E-state index contributed by atoms with van der Waals surface area (Å²) in [7, 11) is 4.47. The molecule has 2 aromatic carbocycles. The topological polar surface area (TPSA) is 91.0 Å². The van der Waals surface area contributed by atoms with E-state index in [2.05, 4.69) is 4.98 Å². The molecule has 8 heteroatoms. The molecule has 27 heavy (non-hydrogen) atoms. The number of thioether (sulfide) groups is 1. The molecule has 0 atom stereocenters. The van der Waals surface area contributed by atoms with Crippen molar-refractivity contribution in [3.05, 3.63) is 46.9 Å². The SMILES string of the molecule is COc1ccc(/C=C(\Sc2nc3ccccc3o2)C(=O)O)c(OC)c1OC. The number of aromatic nitrogens is 1. The second-order valence-electron chi connectivity index (χ2n) is 5.29. The summed E-state index contributed by atoms with van der Waals surface area (Å²) in [5, 5.41) is 9.85. The highest BCUT2D eigenvalue weighted by Crippen LogP contribution is 2.41. The van der Waals surface area contributed by atoms with Crippen molar-refractivity contribution in [2.24, 2.45) is 0 Å². The number of hydrogen-bond donors (Lipinski definition) is 1. The Morgan fingerprint density at radius 1 is 1.07 bits per heavy atom. The van der Waals surface area contributed by atoms with Crippen LogP contribution in [0, 0.1) is 0 Å². The molecule has 3 rings (SSSR count). The normalized spacial score (nSPS) is 11.4. The van der Waals surface area contributed by atoms with Gasteiger partial charge in [-0.1, -0.05) is 12.1 Å². The van der Waals surface area contributed by atoms with Gasteiger partial charge in [0.15, 0.2) is 17.1 Å². The van der Waals surface area contributed by atoms with Crippen LogP contribution in [0.3, 0.4) is 0 Å². The smallest absolute Gasteiger partial charge is 0.342 e. The Morgan fingerprint density at radius 2 is 1.81 bits per heavy atom. The lowest BCUT2D eigenvalue weighted by atomic mass is 10.1. The van der Waals surface area contributed by atoms with Crippen LogP contribution in [0.5, 0.6) is 17.2 Å². The highest BCUT2D eigenvalue weighted by molar-refractivity contribution is 8.03. The van der Waals surface area contributed by atoms with Crippen molar-refractivity contribution < 1.29 is 28.5 Å². The van der Waals surface area contributed by atoms with Gasteiger partial charge in [0.2, 0.25) is 5.75 Å². The number of methoxy groups -OCH3 is 3. The molecule has 0 bridgehead atoms. The van der Waals surface area contributed by atoms with Gasteiger partial charge in [0.1, 0.15) is 10.4 Å². The maximum Gasteiger partial charge on any atom is 0.342 e. The number of rotatable bonds is 7. The number of hydrogen-bond acceptors (Lipinski definition) is 7. The quantitative estimate of drug-likeness (QED) is 0.479. The largest absolute Gasteiger partial charge is 0.493 e. The second kappa shape index (κ2) is 8.05. The Hall–Kier alpha value is -3.13. The van der Waals surface area contributed by atoms with Crippen molar-refractivity contribution in [3.8, 4) is 17.2 Å². The number of fused-ring (bicyclic) bond motifs is 1. The molecule has 0 amide bonds. The minimum absolute atomic E-state index is 0.0204. The van der Waals surface area contributed by atoms with Crippen molar-refractivity contribution >= 4 is 34.9 Å². The molecule has 1 heterocycles. The lowest BCUT2D eigenvalue weighted by Crippen LogP contribution is -1.99. The fraction of sp³-hybridized carbons (Fsp3) is 0.158. The summed E-state index contributed by atoms with van der Waals surface area (Å²) in [4.78, 5) is 16.1. The van der Waals surface area contributed by atoms with Crippen molar-refractivity contribution in [3.63, 3.8) is 0 Å². The third kappa shape index (κ3) is 3.85. The third-order valence-corrected chi connectivity index (χ3v) is 4.57. The predicted octanol–water partition coefficient (Wildman–Crippen LogP) is 4.07. The van der Waals surface area contributed by atoms with Gasteiger partial charge >= 0.3 is 5.97 Å². The first-order chi connectivity index (χ1) is 13.1. The Balaban J connectivity index is 2.02. The van der Waals surface area contributed by atoms with Crippen LogP contribution in [-0.4, -0.2) is 37.4 Å². The maximum atomic E-state index is 11.7. The summed E-state index contributed by atoms with van der Waals surface area (Å²) in [6.45, 7) is 0. The van der Waals surface area contributed by atoms with Crippen LogP contribution >= 0.6 is 11.8 Å². The minimum Gasteiger partial charge on any atom is -0.493 e. The molecule has 0 radical (unpaired) electrons. The standard InChI is InChI=1S/C19H17NO6S/c1-23-14-9-8-11(16(24-2)17(14)25-3)10-15(18(21)22)27-19-20-12-6-4-5-7-13(12)26-19/h4-10H,1-3H3,(H,21,22)/b15-10-. The number of oxazole rings is 1.